The van der Waals surface area contributed by atoms with E-state index in [1.54, 1.807) is 24.5 Å². The first-order chi connectivity index (χ1) is 17.9. The predicted octanol–water partition coefficient (Wildman–Crippen LogP) is 4.91. The topological polar surface area (TPSA) is 77.3 Å². The van der Waals surface area contributed by atoms with Gasteiger partial charge >= 0.3 is 0 Å². The lowest BCUT2D eigenvalue weighted by atomic mass is 10.1. The number of hydrogen-bond acceptors (Lipinski definition) is 5. The quantitative estimate of drug-likeness (QED) is 0.367. The van der Waals surface area contributed by atoms with Gasteiger partial charge in [0, 0.05) is 43.8 Å². The van der Waals surface area contributed by atoms with Gasteiger partial charge < -0.3 is 4.90 Å². The molecule has 1 aromatic heterocycles. The van der Waals surface area contributed by atoms with Gasteiger partial charge in [0.25, 0.3) is 0 Å². The standard InChI is InChI=1S/C29H25FN4O2S/c30-26-9-11-28(12-10-26)37(35,36)34-20-25-15-23(17-31)8-13-29(25)33(19-24-7-4-14-32-18-24)21-27(34)16-22-5-2-1-3-6-22/h1-15,18,27H,16,19-21H2/t27-/m1/s1. The van der Waals surface area contributed by atoms with Crippen molar-refractivity contribution >= 4 is 15.7 Å². The van der Waals surface area contributed by atoms with Gasteiger partial charge in [-0.2, -0.15) is 9.57 Å². The maximum Gasteiger partial charge on any atom is 0.243 e. The van der Waals surface area contributed by atoms with Crippen LogP contribution in [-0.4, -0.2) is 30.3 Å². The Morgan fingerprint density at radius 1 is 0.973 bits per heavy atom. The van der Waals surface area contributed by atoms with Crippen LogP contribution in [0.15, 0.2) is 102 Å². The highest BCUT2D eigenvalue weighted by molar-refractivity contribution is 7.89. The normalized spacial score (nSPS) is 16.0. The maximum atomic E-state index is 14.0. The van der Waals surface area contributed by atoms with Crippen molar-refractivity contribution in [2.45, 2.75) is 30.4 Å². The molecule has 5 rings (SSSR count). The molecule has 0 bridgehead atoms. The third-order valence-corrected chi connectivity index (χ3v) is 8.46. The Balaban J connectivity index is 1.62. The van der Waals surface area contributed by atoms with E-state index in [1.807, 2.05) is 48.5 Å². The Bertz CT molecular complexity index is 1520. The molecule has 0 unspecified atom stereocenters. The second kappa shape index (κ2) is 10.5. The molecule has 0 amide bonds. The van der Waals surface area contributed by atoms with Crippen LogP contribution in [0.25, 0.3) is 0 Å². The number of sulfonamides is 1. The zero-order valence-corrected chi connectivity index (χ0v) is 20.9. The Hall–Kier alpha value is -4.06. The molecule has 3 aromatic carbocycles. The van der Waals surface area contributed by atoms with E-state index in [9.17, 15) is 18.1 Å². The smallest absolute Gasteiger partial charge is 0.243 e. The number of hydrogen-bond donors (Lipinski definition) is 0. The first kappa shape index (κ1) is 24.6. The van der Waals surface area contributed by atoms with Crippen LogP contribution in [0.2, 0.25) is 0 Å². The summed E-state index contributed by atoms with van der Waals surface area (Å²) in [5.41, 5.74) is 4.07. The first-order valence-electron chi connectivity index (χ1n) is 11.9. The number of aromatic nitrogens is 1. The number of halogens is 1. The van der Waals surface area contributed by atoms with Crippen LogP contribution in [0, 0.1) is 17.1 Å². The molecule has 8 heteroatoms. The van der Waals surface area contributed by atoms with E-state index >= 15 is 0 Å². The number of benzene rings is 3. The second-order valence-electron chi connectivity index (χ2n) is 9.04. The molecule has 1 aliphatic heterocycles. The number of nitrogens with zero attached hydrogens (tertiary/aromatic N) is 4. The van der Waals surface area contributed by atoms with E-state index in [1.165, 1.54) is 16.4 Å². The number of fused-ring (bicyclic) bond motifs is 1. The molecule has 0 saturated heterocycles. The van der Waals surface area contributed by atoms with E-state index in [2.05, 4.69) is 16.0 Å². The van der Waals surface area contributed by atoms with Gasteiger partial charge in [-0.1, -0.05) is 36.4 Å². The van der Waals surface area contributed by atoms with Gasteiger partial charge in [0.1, 0.15) is 5.82 Å². The summed E-state index contributed by atoms with van der Waals surface area (Å²) in [6.07, 6.45) is 4.01. The molecule has 6 nitrogen and oxygen atoms in total. The van der Waals surface area contributed by atoms with Gasteiger partial charge in [-0.15, -0.1) is 0 Å². The van der Waals surface area contributed by atoms with Crippen LogP contribution >= 0.6 is 0 Å². The highest BCUT2D eigenvalue weighted by Crippen LogP contribution is 2.34. The van der Waals surface area contributed by atoms with E-state index in [0.29, 0.717) is 25.1 Å². The van der Waals surface area contributed by atoms with Crippen LogP contribution in [0.4, 0.5) is 10.1 Å². The Kier molecular flexibility index (Phi) is 6.99. The fourth-order valence-electron chi connectivity index (χ4n) is 4.77. The molecule has 0 aliphatic carbocycles. The zero-order chi connectivity index (χ0) is 25.8. The largest absolute Gasteiger partial charge is 0.365 e. The summed E-state index contributed by atoms with van der Waals surface area (Å²) in [5, 5.41) is 9.55. The van der Waals surface area contributed by atoms with E-state index in [-0.39, 0.29) is 11.4 Å². The Morgan fingerprint density at radius 2 is 1.73 bits per heavy atom. The highest BCUT2D eigenvalue weighted by atomic mass is 32.2. The van der Waals surface area contributed by atoms with Crippen LogP contribution in [0.3, 0.4) is 0 Å². The minimum absolute atomic E-state index is 0.0330. The molecule has 37 heavy (non-hydrogen) atoms. The third-order valence-electron chi connectivity index (χ3n) is 6.54. The summed E-state index contributed by atoms with van der Waals surface area (Å²) < 4.78 is 43.1. The second-order valence-corrected chi connectivity index (χ2v) is 10.9. The van der Waals surface area contributed by atoms with Crippen molar-refractivity contribution in [1.29, 1.82) is 5.26 Å². The van der Waals surface area contributed by atoms with Crippen molar-refractivity contribution in [3.63, 3.8) is 0 Å². The lowest BCUT2D eigenvalue weighted by molar-refractivity contribution is 0.318. The lowest BCUT2D eigenvalue weighted by Gasteiger charge is -2.32. The van der Waals surface area contributed by atoms with Crippen molar-refractivity contribution in [3.8, 4) is 6.07 Å². The molecule has 0 fully saturated rings. The highest BCUT2D eigenvalue weighted by Gasteiger charge is 2.36. The van der Waals surface area contributed by atoms with Crippen LogP contribution < -0.4 is 4.90 Å². The molecular formula is C29H25FN4O2S. The van der Waals surface area contributed by atoms with Crippen LogP contribution in [0.5, 0.6) is 0 Å². The van der Waals surface area contributed by atoms with E-state index < -0.39 is 21.9 Å². The average Bonchev–Trinajstić information content (AvgIpc) is 3.07. The van der Waals surface area contributed by atoms with Crippen molar-refractivity contribution in [2.75, 3.05) is 11.4 Å². The molecule has 1 atom stereocenters. The minimum Gasteiger partial charge on any atom is -0.365 e. The Labute approximate surface area is 216 Å². The molecule has 2 heterocycles. The lowest BCUT2D eigenvalue weighted by Crippen LogP contribution is -2.45. The number of nitriles is 1. The van der Waals surface area contributed by atoms with Gasteiger partial charge in [-0.3, -0.25) is 4.98 Å². The van der Waals surface area contributed by atoms with Crippen LogP contribution in [-0.2, 0) is 29.5 Å². The monoisotopic (exact) mass is 512 g/mol. The zero-order valence-electron chi connectivity index (χ0n) is 20.0. The first-order valence-corrected chi connectivity index (χ1v) is 13.4. The van der Waals surface area contributed by atoms with Gasteiger partial charge in [-0.25, -0.2) is 12.8 Å². The van der Waals surface area contributed by atoms with Gasteiger partial charge in [0.15, 0.2) is 0 Å². The molecule has 186 valence electrons. The molecule has 0 saturated carbocycles. The minimum atomic E-state index is -3.99. The van der Waals surface area contributed by atoms with Crippen LogP contribution in [0.1, 0.15) is 22.3 Å². The van der Waals surface area contributed by atoms with Crippen molar-refractivity contribution in [1.82, 2.24) is 9.29 Å². The Morgan fingerprint density at radius 3 is 2.43 bits per heavy atom. The van der Waals surface area contributed by atoms with Gasteiger partial charge in [0.05, 0.1) is 16.5 Å². The fourth-order valence-corrected chi connectivity index (χ4v) is 6.36. The van der Waals surface area contributed by atoms with Crippen molar-refractivity contribution in [3.05, 3.63) is 125 Å². The summed E-state index contributed by atoms with van der Waals surface area (Å²) >= 11 is 0. The third kappa shape index (κ3) is 5.38. The van der Waals surface area contributed by atoms with E-state index in [0.717, 1.165) is 34.5 Å². The summed E-state index contributed by atoms with van der Waals surface area (Å²) in [5.74, 6) is -0.498. The van der Waals surface area contributed by atoms with Gasteiger partial charge in [-0.05, 0) is 71.6 Å². The number of pyridine rings is 1. The molecule has 4 aromatic rings. The fraction of sp³-hybridized carbons (Fsp3) is 0.172. The molecule has 0 spiro atoms. The summed E-state index contributed by atoms with van der Waals surface area (Å²) in [6, 6.07) is 25.7. The summed E-state index contributed by atoms with van der Waals surface area (Å²) in [7, 11) is -3.99. The van der Waals surface area contributed by atoms with Gasteiger partial charge in [0.2, 0.25) is 10.0 Å². The number of rotatable bonds is 6. The average molecular weight is 513 g/mol. The SMILES string of the molecule is N#Cc1ccc2c(c1)CN(S(=O)(=O)c1ccc(F)cc1)[C@H](Cc1ccccc1)CN2Cc1cccnc1. The number of anilines is 1. The van der Waals surface area contributed by atoms with Crippen molar-refractivity contribution in [2.24, 2.45) is 0 Å². The predicted molar refractivity (Wildman–Crippen MR) is 140 cm³/mol. The maximum absolute atomic E-state index is 14.0. The summed E-state index contributed by atoms with van der Waals surface area (Å²) in [6.45, 7) is 1.04. The summed E-state index contributed by atoms with van der Waals surface area (Å²) in [4.78, 5) is 6.43. The molecular weight excluding hydrogens is 487 g/mol. The van der Waals surface area contributed by atoms with Crippen molar-refractivity contribution < 1.29 is 12.8 Å². The molecule has 0 radical (unpaired) electrons. The molecule has 0 N–H and O–H groups in total. The van der Waals surface area contributed by atoms with E-state index in [4.69, 9.17) is 0 Å². The molecule has 1 aliphatic rings.